The fourth-order valence-electron chi connectivity index (χ4n) is 1.16. The lowest BCUT2D eigenvalue weighted by molar-refractivity contribution is -0.160. The topological polar surface area (TPSA) is 52.6 Å². The van der Waals surface area contributed by atoms with E-state index in [1.165, 1.54) is 6.08 Å². The van der Waals surface area contributed by atoms with Gasteiger partial charge in [-0.05, 0) is 11.8 Å². The van der Waals surface area contributed by atoms with Crippen molar-refractivity contribution in [2.24, 2.45) is 11.8 Å². The van der Waals surface area contributed by atoms with Crippen LogP contribution in [0.25, 0.3) is 0 Å². The minimum absolute atomic E-state index is 0.0254. The van der Waals surface area contributed by atoms with E-state index in [1.54, 1.807) is 0 Å². The maximum absolute atomic E-state index is 11.9. The summed E-state index contributed by atoms with van der Waals surface area (Å²) in [5.74, 6) is -1.23. The number of alkyl halides is 1. The molecule has 0 rings (SSSR count). The molecule has 0 aliphatic heterocycles. The van der Waals surface area contributed by atoms with Crippen molar-refractivity contribution in [2.75, 3.05) is 13.2 Å². The Hall–Kier alpha value is -1.03. The maximum Gasteiger partial charge on any atom is 0.339 e. The van der Waals surface area contributed by atoms with Crippen molar-refractivity contribution in [1.29, 1.82) is 0 Å². The molecule has 0 unspecified atom stereocenters. The summed E-state index contributed by atoms with van der Waals surface area (Å²) in [7, 11) is 0. The summed E-state index contributed by atoms with van der Waals surface area (Å²) < 4.78 is 10.1. The maximum atomic E-state index is 11.9. The number of hydrogen-bond acceptors (Lipinski definition) is 4. The van der Waals surface area contributed by atoms with Gasteiger partial charge in [-0.15, -0.1) is 6.58 Å². The van der Waals surface area contributed by atoms with Crippen LogP contribution in [-0.2, 0) is 19.1 Å². The molecule has 0 heterocycles. The van der Waals surface area contributed by atoms with Crippen molar-refractivity contribution in [2.45, 2.75) is 39.0 Å². The van der Waals surface area contributed by atoms with E-state index in [9.17, 15) is 9.59 Å². The molecular formula is C14H23ClO4. The molecule has 0 fully saturated rings. The van der Waals surface area contributed by atoms with Crippen LogP contribution in [0.2, 0.25) is 0 Å². The van der Waals surface area contributed by atoms with Crippen molar-refractivity contribution in [3.05, 3.63) is 12.7 Å². The number of ether oxygens (including phenoxy) is 2. The SMILES string of the molecule is C=CCC(Cl)(C(=O)OCC(C)C)C(=O)OCC(C)C. The van der Waals surface area contributed by atoms with Gasteiger partial charge in [0.25, 0.3) is 0 Å². The van der Waals surface area contributed by atoms with E-state index in [1.807, 2.05) is 27.7 Å². The highest BCUT2D eigenvalue weighted by atomic mass is 35.5. The first-order chi connectivity index (χ1) is 8.74. The third-order valence-corrected chi connectivity index (χ3v) is 2.63. The Balaban J connectivity index is 4.76. The van der Waals surface area contributed by atoms with Crippen LogP contribution in [0.3, 0.4) is 0 Å². The average Bonchev–Trinajstić information content (AvgIpc) is 2.32. The van der Waals surface area contributed by atoms with E-state index in [0.29, 0.717) is 0 Å². The van der Waals surface area contributed by atoms with E-state index in [2.05, 4.69) is 6.58 Å². The second kappa shape index (κ2) is 8.20. The van der Waals surface area contributed by atoms with E-state index >= 15 is 0 Å². The molecule has 110 valence electrons. The number of carbonyl (C=O) groups excluding carboxylic acids is 2. The van der Waals surface area contributed by atoms with Crippen LogP contribution in [0.4, 0.5) is 0 Å². The Bertz CT molecular complexity index is 299. The van der Waals surface area contributed by atoms with Crippen LogP contribution in [0, 0.1) is 11.8 Å². The Morgan fingerprint density at radius 3 is 1.74 bits per heavy atom. The van der Waals surface area contributed by atoms with Crippen LogP contribution < -0.4 is 0 Å². The van der Waals surface area contributed by atoms with Gasteiger partial charge in [0.2, 0.25) is 4.87 Å². The minimum atomic E-state index is -1.83. The molecule has 0 saturated heterocycles. The molecule has 5 heteroatoms. The molecule has 4 nitrogen and oxygen atoms in total. The molecule has 0 aromatic heterocycles. The first-order valence-corrected chi connectivity index (χ1v) is 6.76. The lowest BCUT2D eigenvalue weighted by atomic mass is 10.0. The third kappa shape index (κ3) is 6.10. The first kappa shape index (κ1) is 18.0. The Morgan fingerprint density at radius 1 is 1.11 bits per heavy atom. The van der Waals surface area contributed by atoms with Gasteiger partial charge in [-0.25, -0.2) is 9.59 Å². The molecule has 0 aliphatic rings. The second-order valence-corrected chi connectivity index (χ2v) is 5.92. The van der Waals surface area contributed by atoms with E-state index in [4.69, 9.17) is 21.1 Å². The van der Waals surface area contributed by atoms with Gasteiger partial charge >= 0.3 is 11.9 Å². The summed E-state index contributed by atoms with van der Waals surface area (Å²) in [4.78, 5) is 22.1. The highest BCUT2D eigenvalue weighted by Crippen LogP contribution is 2.25. The van der Waals surface area contributed by atoms with Crippen molar-refractivity contribution in [3.8, 4) is 0 Å². The monoisotopic (exact) mass is 290 g/mol. The van der Waals surface area contributed by atoms with Crippen molar-refractivity contribution >= 4 is 23.5 Å². The van der Waals surface area contributed by atoms with Crippen molar-refractivity contribution in [1.82, 2.24) is 0 Å². The summed E-state index contributed by atoms with van der Waals surface area (Å²) in [6.45, 7) is 11.5. The van der Waals surface area contributed by atoms with Gasteiger partial charge in [-0.3, -0.25) is 0 Å². The van der Waals surface area contributed by atoms with Gasteiger partial charge in [0, 0.05) is 6.42 Å². The van der Waals surface area contributed by atoms with E-state index < -0.39 is 16.8 Å². The zero-order valence-corrected chi connectivity index (χ0v) is 12.8. The molecule has 0 radical (unpaired) electrons. The lowest BCUT2D eigenvalue weighted by Gasteiger charge is -2.23. The third-order valence-electron chi connectivity index (χ3n) is 2.17. The Morgan fingerprint density at radius 2 is 1.47 bits per heavy atom. The fraction of sp³-hybridized carbons (Fsp3) is 0.714. The standard InChI is InChI=1S/C14H23ClO4/c1-6-7-14(15,12(16)18-8-10(2)3)13(17)19-9-11(4)5/h6,10-11H,1,7-9H2,2-5H3. The number of carbonyl (C=O) groups is 2. The summed E-state index contributed by atoms with van der Waals surface area (Å²) >= 11 is 6.09. The number of hydrogen-bond donors (Lipinski definition) is 0. The van der Waals surface area contributed by atoms with Gasteiger partial charge in [-0.1, -0.05) is 45.4 Å². The van der Waals surface area contributed by atoms with E-state index in [0.717, 1.165) is 0 Å². The van der Waals surface area contributed by atoms with Gasteiger partial charge in [0.05, 0.1) is 13.2 Å². The predicted molar refractivity (Wildman–Crippen MR) is 75.0 cm³/mol. The van der Waals surface area contributed by atoms with Crippen LogP contribution in [0.1, 0.15) is 34.1 Å². The number of rotatable bonds is 8. The second-order valence-electron chi connectivity index (χ2n) is 5.28. The normalized spacial score (nSPS) is 11.5. The molecule has 19 heavy (non-hydrogen) atoms. The van der Waals surface area contributed by atoms with Crippen LogP contribution in [-0.4, -0.2) is 30.0 Å². The van der Waals surface area contributed by atoms with Crippen LogP contribution >= 0.6 is 11.6 Å². The highest BCUT2D eigenvalue weighted by molar-refractivity contribution is 6.44. The highest BCUT2D eigenvalue weighted by Gasteiger charge is 2.46. The summed E-state index contributed by atoms with van der Waals surface area (Å²) in [6, 6.07) is 0. The molecule has 0 amide bonds. The van der Waals surface area contributed by atoms with Crippen molar-refractivity contribution < 1.29 is 19.1 Å². The Kier molecular flexibility index (Phi) is 7.76. The van der Waals surface area contributed by atoms with Gasteiger partial charge < -0.3 is 9.47 Å². The van der Waals surface area contributed by atoms with Gasteiger partial charge in [0.15, 0.2) is 0 Å². The summed E-state index contributed by atoms with van der Waals surface area (Å²) in [6.07, 6.45) is 1.38. The molecule has 0 aliphatic carbocycles. The van der Waals surface area contributed by atoms with Crippen LogP contribution in [0.15, 0.2) is 12.7 Å². The number of halogens is 1. The summed E-state index contributed by atoms with van der Waals surface area (Å²) in [5, 5.41) is 0. The van der Waals surface area contributed by atoms with Gasteiger partial charge in [-0.2, -0.15) is 0 Å². The molecule has 0 saturated carbocycles. The van der Waals surface area contributed by atoms with Gasteiger partial charge in [0.1, 0.15) is 0 Å². The molecule has 0 N–H and O–H groups in total. The predicted octanol–water partition coefficient (Wildman–Crippen LogP) is 2.94. The van der Waals surface area contributed by atoms with Crippen LogP contribution in [0.5, 0.6) is 0 Å². The molecule has 0 atom stereocenters. The number of esters is 2. The molecule has 0 aromatic carbocycles. The largest absolute Gasteiger partial charge is 0.464 e. The average molecular weight is 291 g/mol. The quantitative estimate of drug-likeness (QED) is 0.298. The lowest BCUT2D eigenvalue weighted by Crippen LogP contribution is -2.44. The van der Waals surface area contributed by atoms with E-state index in [-0.39, 0.29) is 31.5 Å². The smallest absolute Gasteiger partial charge is 0.339 e. The molecule has 0 aromatic rings. The first-order valence-electron chi connectivity index (χ1n) is 6.38. The van der Waals surface area contributed by atoms with Crippen molar-refractivity contribution in [3.63, 3.8) is 0 Å². The molecule has 0 spiro atoms. The minimum Gasteiger partial charge on any atom is -0.464 e. The zero-order valence-electron chi connectivity index (χ0n) is 12.1. The Labute approximate surface area is 120 Å². The molecule has 0 bridgehead atoms. The summed E-state index contributed by atoms with van der Waals surface area (Å²) in [5.41, 5.74) is 0. The number of allylic oxidation sites excluding steroid dienone is 1. The molecular weight excluding hydrogens is 268 g/mol. The fourth-order valence-corrected chi connectivity index (χ4v) is 1.38. The zero-order chi connectivity index (χ0) is 15.1.